The van der Waals surface area contributed by atoms with Gasteiger partial charge in [0.15, 0.2) is 0 Å². The van der Waals surface area contributed by atoms with Crippen molar-refractivity contribution in [3.8, 4) is 11.5 Å². The summed E-state index contributed by atoms with van der Waals surface area (Å²) in [6.45, 7) is 1.64. The molecule has 1 N–H and O–H groups in total. The van der Waals surface area contributed by atoms with Crippen molar-refractivity contribution in [2.75, 3.05) is 0 Å². The van der Waals surface area contributed by atoms with Crippen molar-refractivity contribution < 1.29 is 17.3 Å². The number of fused-ring (bicyclic) bond motifs is 1. The first-order valence-corrected chi connectivity index (χ1v) is 10.1. The number of ether oxygens (including phenoxy) is 1. The van der Waals surface area contributed by atoms with Gasteiger partial charge in [0.2, 0.25) is 0 Å². The van der Waals surface area contributed by atoms with Crippen LogP contribution in [-0.4, -0.2) is 18.4 Å². The van der Waals surface area contributed by atoms with Crippen LogP contribution in [-0.2, 0) is 20.9 Å². The van der Waals surface area contributed by atoms with Crippen LogP contribution in [0.1, 0.15) is 11.4 Å². The molecule has 0 unspecified atom stereocenters. The number of nitrogens with zero attached hydrogens (tertiary/aromatic N) is 1. The highest BCUT2D eigenvalue weighted by atomic mass is 32.2. The molecule has 1 aromatic heterocycles. The van der Waals surface area contributed by atoms with Gasteiger partial charge in [-0.3, -0.25) is 4.18 Å². The van der Waals surface area contributed by atoms with Crippen molar-refractivity contribution in [3.63, 3.8) is 0 Å². The first-order chi connectivity index (χ1) is 13.5. The van der Waals surface area contributed by atoms with Crippen molar-refractivity contribution in [1.29, 1.82) is 0 Å². The van der Waals surface area contributed by atoms with E-state index in [-0.39, 0.29) is 11.5 Å². The van der Waals surface area contributed by atoms with E-state index in [4.69, 9.17) is 8.92 Å². The van der Waals surface area contributed by atoms with E-state index >= 15 is 0 Å². The second kappa shape index (κ2) is 7.46. The van der Waals surface area contributed by atoms with Crippen molar-refractivity contribution in [2.45, 2.75) is 18.4 Å². The van der Waals surface area contributed by atoms with Crippen LogP contribution in [0.15, 0.2) is 77.7 Å². The normalized spacial score (nSPS) is 11.6. The summed E-state index contributed by atoms with van der Waals surface area (Å²) in [5.41, 5.74) is 1.97. The second-order valence-electron chi connectivity index (χ2n) is 6.21. The van der Waals surface area contributed by atoms with Crippen LogP contribution >= 0.6 is 0 Å². The monoisotopic (exact) mass is 394 g/mol. The van der Waals surface area contributed by atoms with E-state index in [1.807, 2.05) is 43.3 Å². The number of rotatable bonds is 6. The summed E-state index contributed by atoms with van der Waals surface area (Å²) >= 11 is 0. The van der Waals surface area contributed by atoms with Gasteiger partial charge in [-0.15, -0.1) is 0 Å². The highest BCUT2D eigenvalue weighted by Crippen LogP contribution is 2.32. The van der Waals surface area contributed by atoms with Crippen molar-refractivity contribution in [3.05, 3.63) is 84.2 Å². The quantitative estimate of drug-likeness (QED) is 0.485. The molecule has 1 heterocycles. The number of aryl methyl sites for hydroxylation is 1. The summed E-state index contributed by atoms with van der Waals surface area (Å²) in [4.78, 5) is 7.73. The van der Waals surface area contributed by atoms with Gasteiger partial charge in [-0.25, -0.2) is 4.98 Å². The Hall–Kier alpha value is -3.16. The number of para-hydroxylation sites is 1. The molecule has 0 amide bonds. The molecule has 0 saturated carbocycles. The third kappa shape index (κ3) is 3.76. The Morgan fingerprint density at radius 3 is 2.32 bits per heavy atom. The topological polar surface area (TPSA) is 81.3 Å². The zero-order chi connectivity index (χ0) is 19.6. The van der Waals surface area contributed by atoms with Crippen LogP contribution in [0.4, 0.5) is 0 Å². The summed E-state index contributed by atoms with van der Waals surface area (Å²) < 4.78 is 36.4. The molecule has 0 bridgehead atoms. The zero-order valence-corrected chi connectivity index (χ0v) is 15.9. The van der Waals surface area contributed by atoms with Crippen molar-refractivity contribution in [1.82, 2.24) is 9.97 Å². The van der Waals surface area contributed by atoms with E-state index in [0.717, 1.165) is 11.3 Å². The molecule has 142 valence electrons. The molecule has 0 aliphatic heterocycles. The molecule has 0 fully saturated rings. The van der Waals surface area contributed by atoms with Gasteiger partial charge in [0, 0.05) is 5.56 Å². The fourth-order valence-electron chi connectivity index (χ4n) is 2.88. The maximum Gasteiger partial charge on any atom is 0.297 e. The maximum atomic E-state index is 12.5. The van der Waals surface area contributed by atoms with Crippen LogP contribution in [0.3, 0.4) is 0 Å². The second-order valence-corrected chi connectivity index (χ2v) is 7.82. The summed E-state index contributed by atoms with van der Waals surface area (Å²) in [5.74, 6) is 1.86. The van der Waals surface area contributed by atoms with E-state index in [9.17, 15) is 8.42 Å². The fraction of sp³-hybridized carbons (Fsp3) is 0.0952. The van der Waals surface area contributed by atoms with E-state index < -0.39 is 10.1 Å². The maximum absolute atomic E-state index is 12.5. The van der Waals surface area contributed by atoms with Gasteiger partial charge >= 0.3 is 0 Å². The molecule has 0 aliphatic carbocycles. The first kappa shape index (κ1) is 18.2. The molecule has 6 nitrogen and oxygen atoms in total. The molecule has 4 aromatic rings. The number of nitrogens with one attached hydrogen (secondary N) is 1. The average Bonchev–Trinajstić information content (AvgIpc) is 3.09. The van der Waals surface area contributed by atoms with Crippen molar-refractivity contribution in [2.24, 2.45) is 0 Å². The number of hydrogen-bond donors (Lipinski definition) is 1. The van der Waals surface area contributed by atoms with E-state index in [2.05, 4.69) is 9.97 Å². The lowest BCUT2D eigenvalue weighted by Crippen LogP contribution is -2.07. The molecule has 28 heavy (non-hydrogen) atoms. The van der Waals surface area contributed by atoms with Crippen LogP contribution in [0.5, 0.6) is 11.5 Å². The van der Waals surface area contributed by atoms with Gasteiger partial charge in [-0.05, 0) is 43.3 Å². The highest BCUT2D eigenvalue weighted by Gasteiger charge is 2.19. The summed E-state index contributed by atoms with van der Waals surface area (Å²) in [5, 5.41) is 0. The molecule has 7 heteroatoms. The van der Waals surface area contributed by atoms with Gasteiger partial charge in [-0.1, -0.05) is 36.4 Å². The predicted molar refractivity (Wildman–Crippen MR) is 106 cm³/mol. The Bertz CT molecular complexity index is 1200. The standard InChI is InChI=1S/C21H18N2O4S/c1-15-22-19-12-13-20(27-16-8-4-2-5-9-16)18(21(19)23-15)14-26-28(24,25)17-10-6-3-7-11-17/h2-13H,14H2,1H3,(H,22,23). The lowest BCUT2D eigenvalue weighted by atomic mass is 10.1. The Labute approximate surface area is 162 Å². The van der Waals surface area contributed by atoms with E-state index in [1.165, 1.54) is 12.1 Å². The zero-order valence-electron chi connectivity index (χ0n) is 15.1. The number of hydrogen-bond acceptors (Lipinski definition) is 5. The van der Waals surface area contributed by atoms with Crippen molar-refractivity contribution >= 4 is 21.2 Å². The fourth-order valence-corrected chi connectivity index (χ4v) is 3.78. The van der Waals surface area contributed by atoms with Gasteiger partial charge in [0.05, 0.1) is 22.5 Å². The molecule has 0 spiro atoms. The molecular weight excluding hydrogens is 376 g/mol. The summed E-state index contributed by atoms with van der Waals surface area (Å²) in [6, 6.07) is 20.9. The third-order valence-electron chi connectivity index (χ3n) is 4.20. The van der Waals surface area contributed by atoms with E-state index in [0.29, 0.717) is 22.6 Å². The van der Waals surface area contributed by atoms with E-state index in [1.54, 1.807) is 24.3 Å². The molecular formula is C21H18N2O4S. The Morgan fingerprint density at radius 1 is 0.929 bits per heavy atom. The number of imidazole rings is 1. The number of H-pyrrole nitrogens is 1. The minimum atomic E-state index is -3.90. The predicted octanol–water partition coefficient (Wildman–Crippen LogP) is 4.57. The van der Waals surface area contributed by atoms with Gasteiger partial charge in [-0.2, -0.15) is 8.42 Å². The highest BCUT2D eigenvalue weighted by molar-refractivity contribution is 7.86. The van der Waals surface area contributed by atoms with Crippen LogP contribution in [0.2, 0.25) is 0 Å². The lowest BCUT2D eigenvalue weighted by molar-refractivity contribution is 0.304. The SMILES string of the molecule is Cc1nc2c(COS(=O)(=O)c3ccccc3)c(Oc3ccccc3)ccc2[nH]1. The minimum absolute atomic E-state index is 0.103. The lowest BCUT2D eigenvalue weighted by Gasteiger charge is -2.12. The molecule has 0 radical (unpaired) electrons. The Kier molecular flexibility index (Phi) is 4.85. The average molecular weight is 394 g/mol. The molecule has 0 saturated heterocycles. The minimum Gasteiger partial charge on any atom is -0.457 e. The summed E-state index contributed by atoms with van der Waals surface area (Å²) in [6.07, 6.45) is 0. The first-order valence-electron chi connectivity index (χ1n) is 8.68. The van der Waals surface area contributed by atoms with Gasteiger partial charge < -0.3 is 9.72 Å². The summed E-state index contributed by atoms with van der Waals surface area (Å²) in [7, 11) is -3.90. The molecule has 4 rings (SSSR count). The molecule has 3 aromatic carbocycles. The Balaban J connectivity index is 1.70. The smallest absolute Gasteiger partial charge is 0.297 e. The van der Waals surface area contributed by atoms with Crippen LogP contribution in [0, 0.1) is 6.92 Å². The molecule has 0 atom stereocenters. The Morgan fingerprint density at radius 2 is 1.61 bits per heavy atom. The molecule has 0 aliphatic rings. The van der Waals surface area contributed by atoms with Gasteiger partial charge in [0.25, 0.3) is 10.1 Å². The number of benzene rings is 3. The number of aromatic nitrogens is 2. The largest absolute Gasteiger partial charge is 0.457 e. The number of aromatic amines is 1. The van der Waals surface area contributed by atoms with Crippen LogP contribution in [0.25, 0.3) is 11.0 Å². The van der Waals surface area contributed by atoms with Gasteiger partial charge in [0.1, 0.15) is 17.3 Å². The third-order valence-corrected chi connectivity index (χ3v) is 5.47. The van der Waals surface area contributed by atoms with Crippen LogP contribution < -0.4 is 4.74 Å².